The Morgan fingerprint density at radius 2 is 2.22 bits per heavy atom. The molecule has 0 bridgehead atoms. The first-order valence-corrected chi connectivity index (χ1v) is 5.69. The van der Waals surface area contributed by atoms with Gasteiger partial charge in [0.1, 0.15) is 0 Å². The fourth-order valence-corrected chi connectivity index (χ4v) is 1.22. The summed E-state index contributed by atoms with van der Waals surface area (Å²) in [6.45, 7) is 9.94. The topological polar surface area (TPSA) is 69.6 Å². The maximum absolute atomic E-state index is 10.7. The number of carbonyl (C=O) groups is 2. The van der Waals surface area contributed by atoms with E-state index in [1.54, 1.807) is 17.2 Å². The largest absolute Gasteiger partial charge is 0.478 e. The molecule has 1 aliphatic rings. The van der Waals surface area contributed by atoms with Crippen molar-refractivity contribution < 1.29 is 14.7 Å². The number of likely N-dealkylation sites (tertiary alicyclic amines) is 1. The molecule has 0 unspecified atom stereocenters. The van der Waals surface area contributed by atoms with Crippen LogP contribution in [0.1, 0.15) is 19.8 Å². The molecule has 100 valence electrons. The van der Waals surface area contributed by atoms with Crippen molar-refractivity contribution in [2.75, 3.05) is 13.1 Å². The van der Waals surface area contributed by atoms with E-state index in [2.05, 4.69) is 18.5 Å². The number of carbonyl (C=O) groups excluding carboxylic acids is 1. The van der Waals surface area contributed by atoms with E-state index >= 15 is 0 Å². The molecule has 1 rings (SSSR count). The zero-order valence-corrected chi connectivity index (χ0v) is 10.7. The fraction of sp³-hybridized carbons (Fsp3) is 0.385. The van der Waals surface area contributed by atoms with Crippen molar-refractivity contribution in [1.82, 2.24) is 10.2 Å². The minimum absolute atomic E-state index is 0.208. The van der Waals surface area contributed by atoms with E-state index in [1.807, 2.05) is 0 Å². The van der Waals surface area contributed by atoms with Gasteiger partial charge in [-0.1, -0.05) is 12.7 Å². The number of carboxylic acid groups (broad SMARTS) is 1. The SMILES string of the molecule is C=CCNC=C(C)C(=O)O.C=CN1CCCC1=O. The maximum atomic E-state index is 10.7. The third-order valence-corrected chi connectivity index (χ3v) is 2.25. The highest BCUT2D eigenvalue weighted by Crippen LogP contribution is 2.08. The Morgan fingerprint density at radius 1 is 1.56 bits per heavy atom. The molecular formula is C13H20N2O3. The van der Waals surface area contributed by atoms with Crippen LogP contribution in [0, 0.1) is 0 Å². The standard InChI is InChI=1S/C7H11NO2.C6H9NO/c1-3-4-8-5-6(2)7(9)10;1-2-7-5-3-4-6(7)8/h3,5,8H,1,4H2,2H3,(H,9,10);2H,1,3-5H2. The van der Waals surface area contributed by atoms with Crippen LogP contribution >= 0.6 is 0 Å². The monoisotopic (exact) mass is 252 g/mol. The molecule has 0 aromatic rings. The lowest BCUT2D eigenvalue weighted by atomic mass is 10.3. The quantitative estimate of drug-likeness (QED) is 0.442. The lowest BCUT2D eigenvalue weighted by molar-refractivity contribution is -0.132. The summed E-state index contributed by atoms with van der Waals surface area (Å²) in [6, 6.07) is 0. The molecule has 5 nitrogen and oxygen atoms in total. The maximum Gasteiger partial charge on any atom is 0.332 e. The van der Waals surface area contributed by atoms with Gasteiger partial charge in [0.25, 0.3) is 0 Å². The van der Waals surface area contributed by atoms with Gasteiger partial charge in [-0.3, -0.25) is 4.79 Å². The molecule has 0 radical (unpaired) electrons. The molecule has 2 N–H and O–H groups in total. The first-order chi connectivity index (χ1) is 8.52. The normalized spacial score (nSPS) is 14.6. The zero-order valence-electron chi connectivity index (χ0n) is 10.7. The second-order valence-corrected chi connectivity index (χ2v) is 3.70. The highest BCUT2D eigenvalue weighted by molar-refractivity contribution is 5.85. The van der Waals surface area contributed by atoms with Crippen LogP contribution in [0.5, 0.6) is 0 Å². The van der Waals surface area contributed by atoms with E-state index in [0.717, 1.165) is 13.0 Å². The number of carboxylic acids is 1. The summed E-state index contributed by atoms with van der Waals surface area (Å²) < 4.78 is 0. The first kappa shape index (κ1) is 16.0. The molecule has 0 aromatic carbocycles. The third-order valence-electron chi connectivity index (χ3n) is 2.25. The van der Waals surface area contributed by atoms with E-state index in [9.17, 15) is 9.59 Å². The predicted molar refractivity (Wildman–Crippen MR) is 70.7 cm³/mol. The van der Waals surface area contributed by atoms with Crippen molar-refractivity contribution in [3.05, 3.63) is 37.2 Å². The van der Waals surface area contributed by atoms with Crippen molar-refractivity contribution >= 4 is 11.9 Å². The smallest absolute Gasteiger partial charge is 0.332 e. The average Bonchev–Trinajstić information content (AvgIpc) is 2.75. The molecular weight excluding hydrogens is 232 g/mol. The number of hydrogen-bond donors (Lipinski definition) is 2. The lowest BCUT2D eigenvalue weighted by Gasteiger charge is -2.05. The molecule has 1 fully saturated rings. The molecule has 1 saturated heterocycles. The molecule has 1 heterocycles. The van der Waals surface area contributed by atoms with Gasteiger partial charge in [-0.15, -0.1) is 6.58 Å². The molecule has 0 saturated carbocycles. The number of nitrogens with zero attached hydrogens (tertiary/aromatic N) is 1. The van der Waals surface area contributed by atoms with Gasteiger partial charge < -0.3 is 15.3 Å². The lowest BCUT2D eigenvalue weighted by Crippen LogP contribution is -2.16. The van der Waals surface area contributed by atoms with Crippen molar-refractivity contribution in [1.29, 1.82) is 0 Å². The minimum atomic E-state index is -0.906. The Morgan fingerprint density at radius 3 is 2.56 bits per heavy atom. The molecule has 18 heavy (non-hydrogen) atoms. The van der Waals surface area contributed by atoms with Crippen LogP contribution in [0.25, 0.3) is 0 Å². The Hall–Kier alpha value is -2.04. The summed E-state index contributed by atoms with van der Waals surface area (Å²) in [4.78, 5) is 22.5. The molecule has 0 aliphatic carbocycles. The molecule has 1 amide bonds. The van der Waals surface area contributed by atoms with Gasteiger partial charge in [-0.2, -0.15) is 0 Å². The molecule has 0 aromatic heterocycles. The van der Waals surface area contributed by atoms with Crippen molar-refractivity contribution in [2.24, 2.45) is 0 Å². The molecule has 0 spiro atoms. The number of hydrogen-bond acceptors (Lipinski definition) is 3. The summed E-state index contributed by atoms with van der Waals surface area (Å²) in [5, 5.41) is 11.1. The zero-order chi connectivity index (χ0) is 14.0. The second-order valence-electron chi connectivity index (χ2n) is 3.70. The van der Waals surface area contributed by atoms with Crippen LogP contribution in [0.4, 0.5) is 0 Å². The summed E-state index contributed by atoms with van der Waals surface area (Å²) in [6.07, 6.45) is 6.39. The third kappa shape index (κ3) is 6.52. The van der Waals surface area contributed by atoms with Crippen LogP contribution < -0.4 is 5.32 Å². The fourth-order valence-electron chi connectivity index (χ4n) is 1.22. The summed E-state index contributed by atoms with van der Waals surface area (Å²) >= 11 is 0. The van der Waals surface area contributed by atoms with E-state index in [4.69, 9.17) is 5.11 Å². The van der Waals surface area contributed by atoms with Gasteiger partial charge in [0.15, 0.2) is 0 Å². The van der Waals surface area contributed by atoms with E-state index in [1.165, 1.54) is 13.1 Å². The van der Waals surface area contributed by atoms with E-state index < -0.39 is 5.97 Å². The number of rotatable bonds is 5. The summed E-state index contributed by atoms with van der Waals surface area (Å²) in [7, 11) is 0. The summed E-state index contributed by atoms with van der Waals surface area (Å²) in [5.41, 5.74) is 0.293. The van der Waals surface area contributed by atoms with Crippen LogP contribution in [0.15, 0.2) is 37.2 Å². The van der Waals surface area contributed by atoms with Gasteiger partial charge in [-0.25, -0.2) is 4.79 Å². The first-order valence-electron chi connectivity index (χ1n) is 5.69. The predicted octanol–water partition coefficient (Wildman–Crippen LogP) is 1.50. The number of amides is 1. The number of aliphatic carboxylic acids is 1. The second kappa shape index (κ2) is 9.04. The van der Waals surface area contributed by atoms with Crippen LogP contribution in [-0.2, 0) is 9.59 Å². The van der Waals surface area contributed by atoms with Crippen LogP contribution in [0.2, 0.25) is 0 Å². The van der Waals surface area contributed by atoms with E-state index in [-0.39, 0.29) is 5.91 Å². The van der Waals surface area contributed by atoms with Crippen molar-refractivity contribution in [3.63, 3.8) is 0 Å². The van der Waals surface area contributed by atoms with Gasteiger partial charge in [0, 0.05) is 31.3 Å². The Labute approximate surface area is 107 Å². The van der Waals surface area contributed by atoms with Crippen LogP contribution in [-0.4, -0.2) is 35.0 Å². The van der Waals surface area contributed by atoms with Gasteiger partial charge in [0.05, 0.1) is 0 Å². The Balaban J connectivity index is 0.000000327. The van der Waals surface area contributed by atoms with Crippen LogP contribution in [0.3, 0.4) is 0 Å². The molecule has 0 atom stereocenters. The Kier molecular flexibility index (Phi) is 8.01. The highest BCUT2D eigenvalue weighted by atomic mass is 16.4. The highest BCUT2D eigenvalue weighted by Gasteiger charge is 2.15. The summed E-state index contributed by atoms with van der Waals surface area (Å²) in [5.74, 6) is -0.698. The molecule has 1 aliphatic heterocycles. The van der Waals surface area contributed by atoms with E-state index in [0.29, 0.717) is 18.5 Å². The van der Waals surface area contributed by atoms with Crippen molar-refractivity contribution in [2.45, 2.75) is 19.8 Å². The van der Waals surface area contributed by atoms with Crippen molar-refractivity contribution in [3.8, 4) is 0 Å². The minimum Gasteiger partial charge on any atom is -0.478 e. The number of nitrogens with one attached hydrogen (secondary N) is 1. The van der Waals surface area contributed by atoms with Gasteiger partial charge in [0.2, 0.25) is 5.91 Å². The van der Waals surface area contributed by atoms with Gasteiger partial charge >= 0.3 is 5.97 Å². The molecule has 5 heteroatoms. The Bertz CT molecular complexity index is 348. The average molecular weight is 252 g/mol. The van der Waals surface area contributed by atoms with Gasteiger partial charge in [-0.05, 0) is 19.5 Å².